The zero-order chi connectivity index (χ0) is 16.6. The lowest BCUT2D eigenvalue weighted by Gasteiger charge is -2.47. The number of likely N-dealkylation sites (tertiary alicyclic amines) is 1. The van der Waals surface area contributed by atoms with E-state index >= 15 is 0 Å². The summed E-state index contributed by atoms with van der Waals surface area (Å²) in [5, 5.41) is 31.1. The fraction of sp³-hybridized carbons (Fsp3) is 0.562. The van der Waals surface area contributed by atoms with Gasteiger partial charge in [0.2, 0.25) is 0 Å². The minimum atomic E-state index is -0.688. The highest BCUT2D eigenvalue weighted by atomic mass is 16.6. The number of fused-ring (bicyclic) bond motifs is 1. The Hall–Kier alpha value is -2.15. The smallest absolute Gasteiger partial charge is 0.310 e. The molecule has 1 amide bonds. The molecule has 1 saturated heterocycles. The number of phenolic OH excluding ortho intramolecular Hbond substituents is 1. The van der Waals surface area contributed by atoms with Crippen LogP contribution in [-0.2, 0) is 0 Å². The van der Waals surface area contributed by atoms with Gasteiger partial charge in [-0.15, -0.1) is 0 Å². The first kappa shape index (κ1) is 15.7. The van der Waals surface area contributed by atoms with Gasteiger partial charge in [0.15, 0.2) is 5.75 Å². The number of carbonyl (C=O) groups excluding carboxylic acids is 1. The largest absolute Gasteiger partial charge is 0.502 e. The van der Waals surface area contributed by atoms with Gasteiger partial charge in [0.1, 0.15) is 0 Å². The monoisotopic (exact) mass is 320 g/mol. The Kier molecular flexibility index (Phi) is 3.97. The Labute approximate surface area is 133 Å². The lowest BCUT2D eigenvalue weighted by atomic mass is 9.71. The number of nitro benzene ring substituents is 1. The first-order valence-corrected chi connectivity index (χ1v) is 7.90. The molecule has 1 aliphatic carbocycles. The van der Waals surface area contributed by atoms with Gasteiger partial charge in [-0.3, -0.25) is 14.9 Å². The van der Waals surface area contributed by atoms with Crippen LogP contribution >= 0.6 is 0 Å². The van der Waals surface area contributed by atoms with Crippen molar-refractivity contribution in [3.63, 3.8) is 0 Å². The summed E-state index contributed by atoms with van der Waals surface area (Å²) in [6, 6.07) is 3.65. The molecule has 1 saturated carbocycles. The molecule has 2 fully saturated rings. The third-order valence-electron chi connectivity index (χ3n) is 5.13. The number of aliphatic hydroxyl groups is 1. The first-order valence-electron chi connectivity index (χ1n) is 7.90. The van der Waals surface area contributed by atoms with Gasteiger partial charge in [0.25, 0.3) is 5.91 Å². The second kappa shape index (κ2) is 5.81. The number of nitro groups is 1. The number of hydrogen-bond donors (Lipinski definition) is 2. The first-order chi connectivity index (χ1) is 10.9. The lowest BCUT2D eigenvalue weighted by molar-refractivity contribution is -0.385. The van der Waals surface area contributed by atoms with Crippen molar-refractivity contribution in [3.05, 3.63) is 33.9 Å². The predicted octanol–water partition coefficient (Wildman–Crippen LogP) is 2.07. The van der Waals surface area contributed by atoms with E-state index in [2.05, 4.69) is 0 Å². The number of phenols is 1. The number of carbonyl (C=O) groups is 1. The molecule has 1 aliphatic heterocycles. The molecule has 1 heterocycles. The van der Waals surface area contributed by atoms with Crippen LogP contribution in [0.3, 0.4) is 0 Å². The molecule has 0 spiro atoms. The van der Waals surface area contributed by atoms with Crippen LogP contribution in [-0.4, -0.2) is 44.6 Å². The minimum Gasteiger partial charge on any atom is -0.502 e. The Morgan fingerprint density at radius 1 is 1.35 bits per heavy atom. The van der Waals surface area contributed by atoms with Gasteiger partial charge in [0.05, 0.1) is 10.5 Å². The number of aromatic hydroxyl groups is 1. The summed E-state index contributed by atoms with van der Waals surface area (Å²) in [6.07, 6.45) is 4.34. The highest BCUT2D eigenvalue weighted by Gasteiger charge is 2.43. The molecule has 7 heteroatoms. The maximum Gasteiger partial charge on any atom is 0.310 e. The zero-order valence-electron chi connectivity index (χ0n) is 12.8. The molecule has 2 aliphatic rings. The average molecular weight is 320 g/mol. The number of rotatable bonds is 2. The third kappa shape index (κ3) is 2.88. The van der Waals surface area contributed by atoms with E-state index < -0.39 is 22.0 Å². The van der Waals surface area contributed by atoms with Gasteiger partial charge < -0.3 is 15.1 Å². The van der Waals surface area contributed by atoms with Crippen LogP contribution in [0.1, 0.15) is 42.5 Å². The summed E-state index contributed by atoms with van der Waals surface area (Å²) in [7, 11) is 0. The van der Waals surface area contributed by atoms with Gasteiger partial charge >= 0.3 is 5.69 Å². The Morgan fingerprint density at radius 2 is 2.13 bits per heavy atom. The second-order valence-electron chi connectivity index (χ2n) is 6.51. The van der Waals surface area contributed by atoms with Crippen molar-refractivity contribution in [1.29, 1.82) is 0 Å². The summed E-state index contributed by atoms with van der Waals surface area (Å²) < 4.78 is 0. The van der Waals surface area contributed by atoms with Crippen LogP contribution in [0.4, 0.5) is 5.69 Å². The van der Waals surface area contributed by atoms with E-state index in [1.54, 1.807) is 4.90 Å². The second-order valence-corrected chi connectivity index (χ2v) is 6.51. The van der Waals surface area contributed by atoms with E-state index in [4.69, 9.17) is 0 Å². The molecular formula is C16H20N2O5. The molecule has 0 aromatic heterocycles. The number of nitrogens with zero attached hydrogens (tertiary/aromatic N) is 2. The van der Waals surface area contributed by atoms with Crippen molar-refractivity contribution in [1.82, 2.24) is 4.90 Å². The summed E-state index contributed by atoms with van der Waals surface area (Å²) in [5.74, 6) is -0.685. The van der Waals surface area contributed by atoms with Crippen molar-refractivity contribution >= 4 is 11.6 Å². The van der Waals surface area contributed by atoms with E-state index in [0.29, 0.717) is 19.5 Å². The number of amides is 1. The summed E-state index contributed by atoms with van der Waals surface area (Å²) in [6.45, 7) is 0.955. The Morgan fingerprint density at radius 3 is 2.83 bits per heavy atom. The molecule has 1 aromatic rings. The van der Waals surface area contributed by atoms with Crippen molar-refractivity contribution in [2.24, 2.45) is 5.92 Å². The molecule has 7 nitrogen and oxygen atoms in total. The molecule has 1 aromatic carbocycles. The zero-order valence-corrected chi connectivity index (χ0v) is 12.8. The summed E-state index contributed by atoms with van der Waals surface area (Å²) >= 11 is 0. The maximum atomic E-state index is 12.6. The molecule has 3 rings (SSSR count). The Bertz CT molecular complexity index is 647. The SMILES string of the molecule is O=C(c1ccc([N+](=O)[O-])c(O)c1)N1CCC2(O)CCCCC2C1. The van der Waals surface area contributed by atoms with E-state index in [9.17, 15) is 25.1 Å². The maximum absolute atomic E-state index is 12.6. The van der Waals surface area contributed by atoms with Crippen LogP contribution < -0.4 is 0 Å². The van der Waals surface area contributed by atoms with E-state index in [1.165, 1.54) is 6.07 Å². The average Bonchev–Trinajstić information content (AvgIpc) is 2.52. The van der Waals surface area contributed by atoms with Crippen LogP contribution in [0.25, 0.3) is 0 Å². The normalized spacial score (nSPS) is 27.3. The fourth-order valence-corrected chi connectivity index (χ4v) is 3.75. The third-order valence-corrected chi connectivity index (χ3v) is 5.13. The number of hydrogen-bond acceptors (Lipinski definition) is 5. The molecule has 0 radical (unpaired) electrons. The van der Waals surface area contributed by atoms with E-state index in [1.807, 2.05) is 0 Å². The standard InChI is InChI=1S/C16H20N2O5/c19-14-9-11(4-5-13(14)18(22)23)15(20)17-8-7-16(21)6-2-1-3-12(16)10-17/h4-5,9,12,19,21H,1-3,6-8,10H2. The molecule has 2 N–H and O–H groups in total. The van der Waals surface area contributed by atoms with Gasteiger partial charge in [-0.25, -0.2) is 0 Å². The van der Waals surface area contributed by atoms with Crippen LogP contribution in [0.5, 0.6) is 5.75 Å². The molecule has 2 atom stereocenters. The number of benzene rings is 1. The molecule has 0 bridgehead atoms. The summed E-state index contributed by atoms with van der Waals surface area (Å²) in [5.41, 5.74) is -0.844. The van der Waals surface area contributed by atoms with Crippen LogP contribution in [0, 0.1) is 16.0 Å². The topological polar surface area (TPSA) is 104 Å². The van der Waals surface area contributed by atoms with Crippen molar-refractivity contribution < 1.29 is 19.9 Å². The van der Waals surface area contributed by atoms with Gasteiger partial charge in [-0.1, -0.05) is 12.8 Å². The molecule has 2 unspecified atom stereocenters. The van der Waals surface area contributed by atoms with Crippen molar-refractivity contribution in [2.75, 3.05) is 13.1 Å². The van der Waals surface area contributed by atoms with Crippen LogP contribution in [0.15, 0.2) is 18.2 Å². The quantitative estimate of drug-likeness (QED) is 0.641. The van der Waals surface area contributed by atoms with Crippen molar-refractivity contribution in [2.45, 2.75) is 37.7 Å². The van der Waals surface area contributed by atoms with E-state index in [-0.39, 0.29) is 17.4 Å². The predicted molar refractivity (Wildman–Crippen MR) is 82.2 cm³/mol. The highest BCUT2D eigenvalue weighted by Crippen LogP contribution is 2.40. The minimum absolute atomic E-state index is 0.0839. The summed E-state index contributed by atoms with van der Waals surface area (Å²) in [4.78, 5) is 24.3. The van der Waals surface area contributed by atoms with Crippen molar-refractivity contribution in [3.8, 4) is 5.75 Å². The van der Waals surface area contributed by atoms with Gasteiger partial charge in [0, 0.05) is 30.6 Å². The lowest BCUT2D eigenvalue weighted by Crippen LogP contribution is -2.54. The molecule has 23 heavy (non-hydrogen) atoms. The molecule has 124 valence electrons. The fourth-order valence-electron chi connectivity index (χ4n) is 3.75. The van der Waals surface area contributed by atoms with Gasteiger partial charge in [-0.2, -0.15) is 0 Å². The number of piperidine rings is 1. The van der Waals surface area contributed by atoms with E-state index in [0.717, 1.165) is 37.8 Å². The highest BCUT2D eigenvalue weighted by molar-refractivity contribution is 5.95. The Balaban J connectivity index is 1.76. The molecular weight excluding hydrogens is 300 g/mol. The van der Waals surface area contributed by atoms with Crippen LogP contribution in [0.2, 0.25) is 0 Å². The van der Waals surface area contributed by atoms with Gasteiger partial charge in [-0.05, 0) is 31.4 Å².